The van der Waals surface area contributed by atoms with Gasteiger partial charge in [-0.05, 0) is 19.8 Å². The van der Waals surface area contributed by atoms with Crippen LogP contribution in [-0.2, 0) is 4.79 Å². The number of nitrogens with zero attached hydrogens (tertiary/aromatic N) is 2. The zero-order valence-corrected chi connectivity index (χ0v) is 12.0. The summed E-state index contributed by atoms with van der Waals surface area (Å²) in [6, 6.07) is -1.22. The molecule has 19 heavy (non-hydrogen) atoms. The van der Waals surface area contributed by atoms with Crippen LogP contribution in [0.5, 0.6) is 0 Å². The molecule has 1 aliphatic heterocycles. The van der Waals surface area contributed by atoms with Gasteiger partial charge >= 0.3 is 12.0 Å². The lowest BCUT2D eigenvalue weighted by molar-refractivity contribution is -0.141. The third kappa shape index (κ3) is 3.83. The second-order valence-electron chi connectivity index (χ2n) is 5.82. The summed E-state index contributed by atoms with van der Waals surface area (Å²) in [7, 11) is 0. The third-order valence-corrected chi connectivity index (χ3v) is 3.24. The first kappa shape index (κ1) is 15.8. The van der Waals surface area contributed by atoms with Gasteiger partial charge in [0.2, 0.25) is 0 Å². The van der Waals surface area contributed by atoms with E-state index in [1.165, 1.54) is 4.90 Å². The molecule has 0 spiro atoms. The molecule has 6 heteroatoms. The van der Waals surface area contributed by atoms with E-state index in [-0.39, 0.29) is 25.0 Å². The number of likely N-dealkylation sites (tertiary alicyclic amines) is 1. The molecule has 0 radical (unpaired) electrons. The summed E-state index contributed by atoms with van der Waals surface area (Å²) in [6.45, 7) is 8.50. The molecule has 1 heterocycles. The molecular formula is C13H24N2O4. The van der Waals surface area contributed by atoms with Crippen LogP contribution < -0.4 is 0 Å². The van der Waals surface area contributed by atoms with Gasteiger partial charge in [0.1, 0.15) is 6.04 Å². The van der Waals surface area contributed by atoms with Crippen molar-refractivity contribution >= 4 is 12.0 Å². The number of rotatable bonds is 4. The minimum absolute atomic E-state index is 0.00193. The highest BCUT2D eigenvalue weighted by Crippen LogP contribution is 2.21. The molecule has 1 aliphatic rings. The van der Waals surface area contributed by atoms with Crippen LogP contribution in [0, 0.1) is 5.92 Å². The third-order valence-electron chi connectivity index (χ3n) is 3.24. The van der Waals surface area contributed by atoms with Crippen LogP contribution >= 0.6 is 0 Å². The Hall–Kier alpha value is -1.30. The summed E-state index contributed by atoms with van der Waals surface area (Å²) in [5.41, 5.74) is 0. The van der Waals surface area contributed by atoms with Crippen LogP contribution in [-0.4, -0.2) is 63.3 Å². The lowest BCUT2D eigenvalue weighted by atomic mass is 10.2. The molecule has 0 aromatic heterocycles. The highest BCUT2D eigenvalue weighted by molar-refractivity contribution is 5.83. The predicted molar refractivity (Wildman–Crippen MR) is 70.8 cm³/mol. The van der Waals surface area contributed by atoms with E-state index in [2.05, 4.69) is 0 Å². The van der Waals surface area contributed by atoms with Crippen molar-refractivity contribution in [3.8, 4) is 0 Å². The van der Waals surface area contributed by atoms with Gasteiger partial charge in [-0.1, -0.05) is 13.8 Å². The normalized spacial score (nSPS) is 23.2. The van der Waals surface area contributed by atoms with Gasteiger partial charge in [0.05, 0.1) is 6.10 Å². The van der Waals surface area contributed by atoms with Crippen LogP contribution in [0.1, 0.15) is 34.1 Å². The molecule has 0 aromatic carbocycles. The van der Waals surface area contributed by atoms with Crippen molar-refractivity contribution in [2.45, 2.75) is 52.3 Å². The lowest BCUT2D eigenvalue weighted by Crippen LogP contribution is -2.51. The van der Waals surface area contributed by atoms with Crippen molar-refractivity contribution in [3.63, 3.8) is 0 Å². The Morgan fingerprint density at radius 2 is 1.89 bits per heavy atom. The number of hydrogen-bond donors (Lipinski definition) is 2. The Morgan fingerprint density at radius 1 is 1.32 bits per heavy atom. The molecule has 0 aliphatic carbocycles. The molecule has 0 aromatic rings. The molecule has 2 atom stereocenters. The number of urea groups is 1. The van der Waals surface area contributed by atoms with E-state index in [0.29, 0.717) is 12.5 Å². The maximum absolute atomic E-state index is 12.5. The van der Waals surface area contributed by atoms with E-state index >= 15 is 0 Å². The summed E-state index contributed by atoms with van der Waals surface area (Å²) < 4.78 is 0. The molecule has 110 valence electrons. The SMILES string of the molecule is CC(C)CN(C(=O)N1CC(O)C[C@H]1C(=O)O)C(C)C. The first-order valence-corrected chi connectivity index (χ1v) is 6.72. The predicted octanol–water partition coefficient (Wildman–Crippen LogP) is 0.993. The van der Waals surface area contributed by atoms with E-state index in [1.54, 1.807) is 4.90 Å². The average Bonchev–Trinajstić information content (AvgIpc) is 2.67. The van der Waals surface area contributed by atoms with Gasteiger partial charge in [-0.2, -0.15) is 0 Å². The van der Waals surface area contributed by atoms with E-state index in [1.807, 2.05) is 27.7 Å². The van der Waals surface area contributed by atoms with Gasteiger partial charge in [-0.3, -0.25) is 0 Å². The maximum Gasteiger partial charge on any atom is 0.326 e. The smallest absolute Gasteiger partial charge is 0.326 e. The number of carboxylic acid groups (broad SMARTS) is 1. The molecule has 0 saturated carbocycles. The fraction of sp³-hybridized carbons (Fsp3) is 0.846. The fourth-order valence-corrected chi connectivity index (χ4v) is 2.33. The Bertz CT molecular complexity index is 344. The van der Waals surface area contributed by atoms with E-state index in [9.17, 15) is 14.7 Å². The van der Waals surface area contributed by atoms with Gasteiger partial charge in [0.25, 0.3) is 0 Å². The summed E-state index contributed by atoms with van der Waals surface area (Å²) in [6.07, 6.45) is -0.646. The van der Waals surface area contributed by atoms with E-state index in [0.717, 1.165) is 0 Å². The molecular weight excluding hydrogens is 248 g/mol. The standard InChI is InChI=1S/C13H24N2O4/c1-8(2)6-14(9(3)4)13(19)15-7-10(16)5-11(15)12(17)18/h8-11,16H,5-7H2,1-4H3,(H,17,18)/t10?,11-/m0/s1. The van der Waals surface area contributed by atoms with Crippen LogP contribution in [0.2, 0.25) is 0 Å². The van der Waals surface area contributed by atoms with Gasteiger partial charge in [-0.15, -0.1) is 0 Å². The zero-order chi connectivity index (χ0) is 14.7. The van der Waals surface area contributed by atoms with Crippen molar-refractivity contribution in [2.75, 3.05) is 13.1 Å². The summed E-state index contributed by atoms with van der Waals surface area (Å²) >= 11 is 0. The highest BCUT2D eigenvalue weighted by atomic mass is 16.4. The summed E-state index contributed by atoms with van der Waals surface area (Å²) in [4.78, 5) is 26.6. The largest absolute Gasteiger partial charge is 0.480 e. The Labute approximate surface area is 114 Å². The molecule has 6 nitrogen and oxygen atoms in total. The Kier molecular flexibility index (Phi) is 5.17. The molecule has 1 saturated heterocycles. The quantitative estimate of drug-likeness (QED) is 0.799. The molecule has 1 rings (SSSR count). The average molecular weight is 272 g/mol. The lowest BCUT2D eigenvalue weighted by Gasteiger charge is -2.34. The summed E-state index contributed by atoms with van der Waals surface area (Å²) in [5.74, 6) is -0.750. The Balaban J connectivity index is 2.86. The van der Waals surface area contributed by atoms with Crippen LogP contribution in [0.4, 0.5) is 4.79 Å². The van der Waals surface area contributed by atoms with Crippen molar-refractivity contribution < 1.29 is 19.8 Å². The topological polar surface area (TPSA) is 81.1 Å². The zero-order valence-electron chi connectivity index (χ0n) is 12.0. The second kappa shape index (κ2) is 6.23. The number of carbonyl (C=O) groups excluding carboxylic acids is 1. The number of β-amino-alcohol motifs (C(OH)–C–C–N with tert-alkyl or cyclic N) is 1. The second-order valence-corrected chi connectivity index (χ2v) is 5.82. The number of hydrogen-bond acceptors (Lipinski definition) is 3. The molecule has 2 amide bonds. The van der Waals surface area contributed by atoms with Gasteiger partial charge in [0.15, 0.2) is 0 Å². The number of carboxylic acids is 1. The van der Waals surface area contributed by atoms with Crippen LogP contribution in [0.15, 0.2) is 0 Å². The molecule has 1 unspecified atom stereocenters. The summed E-state index contributed by atoms with van der Waals surface area (Å²) in [5, 5.41) is 18.7. The molecule has 2 N–H and O–H groups in total. The number of aliphatic hydroxyl groups is 1. The minimum Gasteiger partial charge on any atom is -0.480 e. The Morgan fingerprint density at radius 3 is 2.32 bits per heavy atom. The van der Waals surface area contributed by atoms with E-state index < -0.39 is 18.1 Å². The van der Waals surface area contributed by atoms with Crippen molar-refractivity contribution in [2.24, 2.45) is 5.92 Å². The van der Waals surface area contributed by atoms with Crippen LogP contribution in [0.25, 0.3) is 0 Å². The molecule has 1 fully saturated rings. The van der Waals surface area contributed by atoms with Gasteiger partial charge in [0, 0.05) is 25.6 Å². The number of carbonyl (C=O) groups is 2. The van der Waals surface area contributed by atoms with Crippen molar-refractivity contribution in [1.82, 2.24) is 9.80 Å². The minimum atomic E-state index is -1.06. The first-order chi connectivity index (χ1) is 8.73. The van der Waals surface area contributed by atoms with Crippen LogP contribution in [0.3, 0.4) is 0 Å². The number of aliphatic carboxylic acids is 1. The monoisotopic (exact) mass is 272 g/mol. The van der Waals surface area contributed by atoms with E-state index in [4.69, 9.17) is 5.11 Å². The molecule has 0 bridgehead atoms. The van der Waals surface area contributed by atoms with Crippen molar-refractivity contribution in [1.29, 1.82) is 0 Å². The number of aliphatic hydroxyl groups excluding tert-OH is 1. The first-order valence-electron chi connectivity index (χ1n) is 6.72. The highest BCUT2D eigenvalue weighted by Gasteiger charge is 2.41. The maximum atomic E-state index is 12.5. The number of amides is 2. The fourth-order valence-electron chi connectivity index (χ4n) is 2.33. The van der Waals surface area contributed by atoms with Crippen molar-refractivity contribution in [3.05, 3.63) is 0 Å². The van der Waals surface area contributed by atoms with Gasteiger partial charge in [-0.25, -0.2) is 9.59 Å². The van der Waals surface area contributed by atoms with Gasteiger partial charge < -0.3 is 20.0 Å².